The lowest BCUT2D eigenvalue weighted by atomic mass is 10.2. The summed E-state index contributed by atoms with van der Waals surface area (Å²) in [7, 11) is 1.33. The zero-order valence-electron chi connectivity index (χ0n) is 11.2. The number of para-hydroxylation sites is 2. The van der Waals surface area contributed by atoms with Crippen molar-refractivity contribution < 1.29 is 9.53 Å². The molecule has 0 aliphatic carbocycles. The highest BCUT2D eigenvalue weighted by molar-refractivity contribution is 7.98. The lowest BCUT2D eigenvalue weighted by Crippen LogP contribution is -2.12. The fraction of sp³-hybridized carbons (Fsp3) is 0.0667. The number of carbonyl (C=O) groups is 1. The third-order valence-electron chi connectivity index (χ3n) is 3.03. The number of esters is 1. The molecule has 2 aromatic carbocycles. The number of benzene rings is 2. The van der Waals surface area contributed by atoms with E-state index in [0.717, 1.165) is 11.0 Å². The van der Waals surface area contributed by atoms with Crippen molar-refractivity contribution in [3.05, 3.63) is 64.6 Å². The first kappa shape index (κ1) is 13.5. The van der Waals surface area contributed by atoms with Crippen LogP contribution in [-0.2, 0) is 4.74 Å². The summed E-state index contributed by atoms with van der Waals surface area (Å²) in [5.74, 6) is -0.425. The van der Waals surface area contributed by atoms with Crippen LogP contribution in [0.3, 0.4) is 0 Å². The number of rotatable bonds is 3. The van der Waals surface area contributed by atoms with Crippen molar-refractivity contribution in [3.63, 3.8) is 0 Å². The fourth-order valence-corrected chi connectivity index (χ4v) is 3.02. The largest absolute Gasteiger partial charge is 0.465 e. The number of hydrogen-bond acceptors (Lipinski definition) is 4. The average Bonchev–Trinajstić information content (AvgIpc) is 2.83. The number of carbonyl (C=O) groups excluding carboxylic acids is 1. The van der Waals surface area contributed by atoms with Crippen LogP contribution in [0.1, 0.15) is 10.4 Å². The summed E-state index contributed by atoms with van der Waals surface area (Å²) in [6.45, 7) is 0. The van der Waals surface area contributed by atoms with Gasteiger partial charge in [-0.1, -0.05) is 24.3 Å². The number of nitrogens with zero attached hydrogens (tertiary/aromatic N) is 1. The third kappa shape index (κ3) is 2.45. The number of methoxy groups -OCH3 is 1. The second-order valence-electron chi connectivity index (χ2n) is 4.32. The van der Waals surface area contributed by atoms with Crippen LogP contribution in [0.4, 0.5) is 0 Å². The number of imidazole rings is 1. The molecule has 0 aliphatic heterocycles. The van der Waals surface area contributed by atoms with Crippen molar-refractivity contribution in [2.45, 2.75) is 4.90 Å². The van der Waals surface area contributed by atoms with E-state index in [-0.39, 0.29) is 5.69 Å². The summed E-state index contributed by atoms with van der Waals surface area (Å²) in [6, 6.07) is 14.4. The first-order valence-electron chi connectivity index (χ1n) is 6.26. The van der Waals surface area contributed by atoms with Crippen LogP contribution >= 0.6 is 11.9 Å². The number of aromatic nitrogens is 2. The maximum atomic E-state index is 12.1. The Morgan fingerprint density at radius 1 is 1.14 bits per heavy atom. The summed E-state index contributed by atoms with van der Waals surface area (Å²) < 4.78 is 6.29. The molecule has 1 aromatic heterocycles. The first-order valence-corrected chi connectivity index (χ1v) is 7.03. The van der Waals surface area contributed by atoms with Crippen molar-refractivity contribution in [2.75, 3.05) is 7.11 Å². The molecule has 3 rings (SSSR count). The van der Waals surface area contributed by atoms with Crippen LogP contribution < -0.4 is 5.69 Å². The molecular weight excluding hydrogens is 288 g/mol. The summed E-state index contributed by atoms with van der Waals surface area (Å²) >= 11 is 1.19. The number of fused-ring (bicyclic) bond motifs is 1. The molecule has 0 saturated heterocycles. The topological polar surface area (TPSA) is 64.1 Å². The van der Waals surface area contributed by atoms with E-state index in [1.807, 2.05) is 30.3 Å². The van der Waals surface area contributed by atoms with E-state index in [2.05, 4.69) is 4.98 Å². The Morgan fingerprint density at radius 3 is 2.67 bits per heavy atom. The van der Waals surface area contributed by atoms with Crippen molar-refractivity contribution in [2.24, 2.45) is 0 Å². The van der Waals surface area contributed by atoms with Crippen LogP contribution in [0.2, 0.25) is 0 Å². The van der Waals surface area contributed by atoms with E-state index in [4.69, 9.17) is 4.74 Å². The molecule has 0 amide bonds. The molecule has 1 N–H and O–H groups in total. The van der Waals surface area contributed by atoms with E-state index in [0.29, 0.717) is 10.5 Å². The molecule has 0 fully saturated rings. The molecule has 0 radical (unpaired) electrons. The zero-order valence-corrected chi connectivity index (χ0v) is 12.0. The lowest BCUT2D eigenvalue weighted by Gasteiger charge is -2.07. The van der Waals surface area contributed by atoms with Gasteiger partial charge in [0.15, 0.2) is 0 Å². The van der Waals surface area contributed by atoms with Gasteiger partial charge in [0.2, 0.25) is 0 Å². The highest BCUT2D eigenvalue weighted by atomic mass is 32.2. The molecule has 0 spiro atoms. The molecule has 0 aliphatic rings. The van der Waals surface area contributed by atoms with Gasteiger partial charge in [-0.15, -0.1) is 0 Å². The summed E-state index contributed by atoms with van der Waals surface area (Å²) in [5, 5.41) is 0. The van der Waals surface area contributed by atoms with Crippen molar-refractivity contribution in [1.82, 2.24) is 8.96 Å². The van der Waals surface area contributed by atoms with Crippen molar-refractivity contribution >= 4 is 29.0 Å². The van der Waals surface area contributed by atoms with Gasteiger partial charge in [-0.25, -0.2) is 13.6 Å². The molecule has 0 bridgehead atoms. The van der Waals surface area contributed by atoms with E-state index in [1.165, 1.54) is 23.0 Å². The monoisotopic (exact) mass is 300 g/mol. The van der Waals surface area contributed by atoms with Crippen LogP contribution in [0, 0.1) is 0 Å². The van der Waals surface area contributed by atoms with Crippen molar-refractivity contribution in [3.8, 4) is 0 Å². The SMILES string of the molecule is COC(=O)c1ccccc1Sn1c(=O)[nH]c2ccccc21. The van der Waals surface area contributed by atoms with Gasteiger partial charge >= 0.3 is 11.7 Å². The Balaban J connectivity index is 2.09. The van der Waals surface area contributed by atoms with Gasteiger partial charge < -0.3 is 9.72 Å². The average molecular weight is 300 g/mol. The minimum absolute atomic E-state index is 0.235. The van der Waals surface area contributed by atoms with Gasteiger partial charge in [0.1, 0.15) is 0 Å². The van der Waals surface area contributed by atoms with Gasteiger partial charge in [-0.05, 0) is 36.2 Å². The van der Waals surface area contributed by atoms with Crippen LogP contribution in [0.25, 0.3) is 11.0 Å². The summed E-state index contributed by atoms with van der Waals surface area (Å²) in [6.07, 6.45) is 0. The summed E-state index contributed by atoms with van der Waals surface area (Å²) in [4.78, 5) is 27.3. The highest BCUT2D eigenvalue weighted by Crippen LogP contribution is 2.26. The maximum Gasteiger partial charge on any atom is 0.339 e. The molecule has 3 aromatic rings. The Kier molecular flexibility index (Phi) is 3.53. The molecule has 5 nitrogen and oxygen atoms in total. The zero-order chi connectivity index (χ0) is 14.8. The van der Waals surface area contributed by atoms with Gasteiger partial charge in [0.05, 0.1) is 23.7 Å². The predicted molar refractivity (Wildman–Crippen MR) is 81.6 cm³/mol. The molecule has 1 heterocycles. The highest BCUT2D eigenvalue weighted by Gasteiger charge is 2.14. The molecule has 106 valence electrons. The van der Waals surface area contributed by atoms with E-state index < -0.39 is 5.97 Å². The van der Waals surface area contributed by atoms with Gasteiger partial charge in [-0.2, -0.15) is 0 Å². The predicted octanol–water partition coefficient (Wildman–Crippen LogP) is 2.67. The third-order valence-corrected chi connectivity index (χ3v) is 4.13. The maximum absolute atomic E-state index is 12.1. The normalized spacial score (nSPS) is 10.7. The van der Waals surface area contributed by atoms with Crippen LogP contribution in [-0.4, -0.2) is 22.0 Å². The van der Waals surface area contributed by atoms with Crippen molar-refractivity contribution in [1.29, 1.82) is 0 Å². The summed E-state index contributed by atoms with van der Waals surface area (Å²) in [5.41, 5.74) is 1.72. The Labute approximate surface area is 124 Å². The van der Waals surface area contributed by atoms with Gasteiger partial charge in [0, 0.05) is 4.90 Å². The minimum atomic E-state index is -0.425. The first-order chi connectivity index (χ1) is 10.2. The fourth-order valence-electron chi connectivity index (χ4n) is 2.05. The quantitative estimate of drug-likeness (QED) is 0.755. The molecule has 0 unspecified atom stereocenters. The second kappa shape index (κ2) is 5.49. The molecule has 6 heteroatoms. The van der Waals surface area contributed by atoms with Gasteiger partial charge in [-0.3, -0.25) is 0 Å². The van der Waals surface area contributed by atoms with Gasteiger partial charge in [0.25, 0.3) is 0 Å². The number of hydrogen-bond donors (Lipinski definition) is 1. The molecular formula is C15H12N2O3S. The number of H-pyrrole nitrogens is 1. The molecule has 21 heavy (non-hydrogen) atoms. The van der Waals surface area contributed by atoms with Crippen LogP contribution in [0.5, 0.6) is 0 Å². The number of nitrogens with one attached hydrogen (secondary N) is 1. The second-order valence-corrected chi connectivity index (χ2v) is 5.31. The Bertz CT molecular complexity index is 866. The smallest absolute Gasteiger partial charge is 0.339 e. The van der Waals surface area contributed by atoms with E-state index in [1.54, 1.807) is 18.2 Å². The number of aromatic amines is 1. The Hall–Kier alpha value is -2.47. The lowest BCUT2D eigenvalue weighted by molar-refractivity contribution is 0.0597. The van der Waals surface area contributed by atoms with E-state index >= 15 is 0 Å². The Morgan fingerprint density at radius 2 is 1.86 bits per heavy atom. The molecule has 0 saturated carbocycles. The minimum Gasteiger partial charge on any atom is -0.465 e. The molecule has 0 atom stereocenters. The van der Waals surface area contributed by atoms with E-state index in [9.17, 15) is 9.59 Å². The van der Waals surface area contributed by atoms with Crippen LogP contribution in [0.15, 0.2) is 58.2 Å². The number of ether oxygens (including phenoxy) is 1. The standard InChI is InChI=1S/C15H12N2O3S/c1-20-14(18)10-6-2-5-9-13(10)21-17-12-8-4-3-7-11(12)16-15(17)19/h2-9H,1H3,(H,16,19).